The van der Waals surface area contributed by atoms with Crippen molar-refractivity contribution < 1.29 is 29.0 Å². The highest BCUT2D eigenvalue weighted by molar-refractivity contribution is 6.05. The number of aryl methyl sites for hydroxylation is 2. The molecule has 0 radical (unpaired) electrons. The van der Waals surface area contributed by atoms with E-state index in [1.54, 1.807) is 22.0 Å². The van der Waals surface area contributed by atoms with Gasteiger partial charge in [-0.1, -0.05) is 24.3 Å². The number of aliphatic hydroxyl groups excluding tert-OH is 1. The van der Waals surface area contributed by atoms with E-state index in [-0.39, 0.29) is 31.6 Å². The van der Waals surface area contributed by atoms with E-state index in [9.17, 15) is 19.5 Å². The van der Waals surface area contributed by atoms with Crippen molar-refractivity contribution >= 4 is 23.5 Å². The molecule has 2 unspecified atom stereocenters. The molecule has 5 atom stereocenters. The van der Waals surface area contributed by atoms with Crippen LogP contribution in [0.5, 0.6) is 0 Å². The third kappa shape index (κ3) is 4.73. The lowest BCUT2D eigenvalue weighted by atomic mass is 9.70. The fourth-order valence-corrected chi connectivity index (χ4v) is 6.27. The van der Waals surface area contributed by atoms with Crippen LogP contribution in [0.25, 0.3) is 0 Å². The number of amides is 2. The SMILES string of the molecule is C=CCCOC(=O)[C@@H]1[C@@H]2CCC3(O2)C(C(=O)N(CC=C)c2cc(C)ccc2C)N(CCCCO)C(=O)[C@H]13. The van der Waals surface area contributed by atoms with Crippen LogP contribution in [0.2, 0.25) is 0 Å². The summed E-state index contributed by atoms with van der Waals surface area (Å²) in [5.41, 5.74) is 1.63. The third-order valence-electron chi connectivity index (χ3n) is 7.91. The molecule has 8 heteroatoms. The maximum Gasteiger partial charge on any atom is 0.312 e. The van der Waals surface area contributed by atoms with Crippen molar-refractivity contribution in [2.45, 2.75) is 63.7 Å². The Kier molecular flexibility index (Phi) is 8.19. The largest absolute Gasteiger partial charge is 0.465 e. The molecular weight excluding hydrogens is 472 g/mol. The van der Waals surface area contributed by atoms with Crippen molar-refractivity contribution in [1.29, 1.82) is 0 Å². The van der Waals surface area contributed by atoms with E-state index in [1.807, 2.05) is 32.0 Å². The van der Waals surface area contributed by atoms with Gasteiger partial charge in [-0.05, 0) is 63.1 Å². The van der Waals surface area contributed by atoms with Crippen molar-refractivity contribution in [3.8, 4) is 0 Å². The number of aliphatic hydroxyl groups is 1. The molecule has 3 heterocycles. The molecule has 4 rings (SSSR count). The van der Waals surface area contributed by atoms with Gasteiger partial charge in [-0.25, -0.2) is 0 Å². The number of esters is 1. The fraction of sp³-hybridized carbons (Fsp3) is 0.552. The molecule has 0 aromatic heterocycles. The average molecular weight is 511 g/mol. The van der Waals surface area contributed by atoms with Crippen molar-refractivity contribution in [2.24, 2.45) is 11.8 Å². The van der Waals surface area contributed by atoms with Gasteiger partial charge in [0.2, 0.25) is 5.91 Å². The van der Waals surface area contributed by atoms with E-state index in [0.29, 0.717) is 38.6 Å². The molecule has 3 aliphatic rings. The van der Waals surface area contributed by atoms with Gasteiger partial charge >= 0.3 is 5.97 Å². The Labute approximate surface area is 218 Å². The summed E-state index contributed by atoms with van der Waals surface area (Å²) >= 11 is 0. The summed E-state index contributed by atoms with van der Waals surface area (Å²) in [4.78, 5) is 44.8. The highest BCUT2D eigenvalue weighted by Gasteiger charge is 2.75. The van der Waals surface area contributed by atoms with Crippen LogP contribution in [-0.4, -0.2) is 71.8 Å². The normalized spacial score (nSPS) is 27.8. The molecule has 0 saturated carbocycles. The topological polar surface area (TPSA) is 96.4 Å². The Morgan fingerprint density at radius 3 is 2.76 bits per heavy atom. The number of nitrogens with zero attached hydrogens (tertiary/aromatic N) is 2. The molecule has 2 bridgehead atoms. The Morgan fingerprint density at radius 1 is 1.27 bits per heavy atom. The molecule has 2 amide bonds. The van der Waals surface area contributed by atoms with E-state index >= 15 is 0 Å². The van der Waals surface area contributed by atoms with Crippen molar-refractivity contribution in [3.05, 3.63) is 54.6 Å². The van der Waals surface area contributed by atoms with Gasteiger partial charge in [0.1, 0.15) is 11.6 Å². The maximum atomic E-state index is 14.4. The van der Waals surface area contributed by atoms with Crippen molar-refractivity contribution in [1.82, 2.24) is 4.90 Å². The van der Waals surface area contributed by atoms with E-state index in [2.05, 4.69) is 13.2 Å². The second-order valence-electron chi connectivity index (χ2n) is 10.3. The lowest BCUT2D eigenvalue weighted by Crippen LogP contribution is -2.56. The summed E-state index contributed by atoms with van der Waals surface area (Å²) < 4.78 is 12.0. The number of unbranched alkanes of at least 4 members (excludes halogenated alkanes) is 1. The summed E-state index contributed by atoms with van der Waals surface area (Å²) in [5, 5.41) is 9.34. The molecule has 1 aromatic carbocycles. The summed E-state index contributed by atoms with van der Waals surface area (Å²) in [5.74, 6) is -2.45. The van der Waals surface area contributed by atoms with Crippen LogP contribution in [0.3, 0.4) is 0 Å². The van der Waals surface area contributed by atoms with Crippen LogP contribution >= 0.6 is 0 Å². The van der Waals surface area contributed by atoms with Crippen molar-refractivity contribution in [2.75, 3.05) is 31.2 Å². The number of rotatable bonds is 12. The number of fused-ring (bicyclic) bond motifs is 1. The Hall–Kier alpha value is -2.97. The fourth-order valence-electron chi connectivity index (χ4n) is 6.27. The first-order valence-corrected chi connectivity index (χ1v) is 13.2. The zero-order chi connectivity index (χ0) is 26.7. The summed E-state index contributed by atoms with van der Waals surface area (Å²) in [7, 11) is 0. The molecule has 0 aliphatic carbocycles. The lowest BCUT2D eigenvalue weighted by Gasteiger charge is -2.37. The van der Waals surface area contributed by atoms with Crippen LogP contribution in [-0.2, 0) is 23.9 Å². The van der Waals surface area contributed by atoms with Crippen LogP contribution in [0.4, 0.5) is 5.69 Å². The number of likely N-dealkylation sites (tertiary alicyclic amines) is 1. The smallest absolute Gasteiger partial charge is 0.312 e. The maximum absolute atomic E-state index is 14.4. The second kappa shape index (κ2) is 11.2. The molecule has 37 heavy (non-hydrogen) atoms. The van der Waals surface area contributed by atoms with E-state index in [4.69, 9.17) is 9.47 Å². The molecule has 3 aliphatic heterocycles. The zero-order valence-corrected chi connectivity index (χ0v) is 21.9. The minimum absolute atomic E-state index is 0.00286. The lowest BCUT2D eigenvalue weighted by molar-refractivity contribution is -0.155. The van der Waals surface area contributed by atoms with Gasteiger partial charge in [-0.2, -0.15) is 0 Å². The number of hydrogen-bond acceptors (Lipinski definition) is 6. The monoisotopic (exact) mass is 510 g/mol. The van der Waals surface area contributed by atoms with Crippen molar-refractivity contribution in [3.63, 3.8) is 0 Å². The van der Waals surface area contributed by atoms with Gasteiger partial charge < -0.3 is 24.4 Å². The number of ether oxygens (including phenoxy) is 2. The number of carbonyl (C=O) groups is 3. The zero-order valence-electron chi connectivity index (χ0n) is 21.9. The highest BCUT2D eigenvalue weighted by Crippen LogP contribution is 2.59. The first kappa shape index (κ1) is 27.1. The van der Waals surface area contributed by atoms with Gasteiger partial charge in [-0.15, -0.1) is 13.2 Å². The van der Waals surface area contributed by atoms with Gasteiger partial charge in [0.15, 0.2) is 0 Å². The quantitative estimate of drug-likeness (QED) is 0.264. The first-order valence-electron chi connectivity index (χ1n) is 13.2. The van der Waals surface area contributed by atoms with Gasteiger partial charge in [0.05, 0.1) is 24.5 Å². The summed E-state index contributed by atoms with van der Waals surface area (Å²) in [6, 6.07) is 5.06. The molecule has 1 aromatic rings. The Balaban J connectivity index is 1.73. The van der Waals surface area contributed by atoms with Gasteiger partial charge in [-0.3, -0.25) is 14.4 Å². The highest BCUT2D eigenvalue weighted by atomic mass is 16.6. The minimum atomic E-state index is -1.09. The van der Waals surface area contributed by atoms with Gasteiger partial charge in [0, 0.05) is 25.4 Å². The molecule has 3 fully saturated rings. The number of hydrogen-bond donors (Lipinski definition) is 1. The molecule has 1 spiro atoms. The first-order chi connectivity index (χ1) is 17.8. The Bertz CT molecular complexity index is 1070. The molecule has 200 valence electrons. The van der Waals surface area contributed by atoms with Crippen LogP contribution in [0.15, 0.2) is 43.5 Å². The average Bonchev–Trinajstić information content (AvgIpc) is 3.52. The second-order valence-corrected chi connectivity index (χ2v) is 10.3. The number of benzene rings is 1. The summed E-state index contributed by atoms with van der Waals surface area (Å²) in [6.45, 7) is 12.2. The molecular formula is C29H38N2O6. The predicted molar refractivity (Wildman–Crippen MR) is 140 cm³/mol. The van der Waals surface area contributed by atoms with Gasteiger partial charge in [0.25, 0.3) is 5.91 Å². The number of carbonyl (C=O) groups excluding carboxylic acids is 3. The van der Waals surface area contributed by atoms with Crippen LogP contribution in [0.1, 0.15) is 43.2 Å². The van der Waals surface area contributed by atoms with Crippen LogP contribution < -0.4 is 4.90 Å². The number of anilines is 1. The minimum Gasteiger partial charge on any atom is -0.465 e. The predicted octanol–water partition coefficient (Wildman–Crippen LogP) is 3.09. The van der Waals surface area contributed by atoms with E-state index < -0.39 is 35.6 Å². The Morgan fingerprint density at radius 2 is 2.05 bits per heavy atom. The summed E-state index contributed by atoms with van der Waals surface area (Å²) in [6.07, 6.45) is 5.57. The van der Waals surface area contributed by atoms with Crippen LogP contribution in [0, 0.1) is 25.7 Å². The molecule has 3 saturated heterocycles. The van der Waals surface area contributed by atoms with E-state index in [1.165, 1.54) is 0 Å². The standard InChI is InChI=1S/C29H38N2O6/c1-5-7-17-36-28(35)23-22-12-13-29(37-22)24(23)26(33)31(15-8-9-16-32)25(29)27(34)30(14-6-2)21-18-19(3)10-11-20(21)4/h5-6,10-11,18,22-25,32H,1-2,7-9,12-17H2,3-4H3/t22-,23+,24-,25?,29?/m0/s1. The van der Waals surface area contributed by atoms with E-state index in [0.717, 1.165) is 16.8 Å². The molecule has 8 nitrogen and oxygen atoms in total. The molecule has 1 N–H and O–H groups in total. The third-order valence-corrected chi connectivity index (χ3v) is 7.91.